The molecule has 0 saturated heterocycles. The molecule has 0 fully saturated rings. The van der Waals surface area contributed by atoms with Gasteiger partial charge in [-0.2, -0.15) is 0 Å². The van der Waals surface area contributed by atoms with Crippen LogP contribution in [0.3, 0.4) is 0 Å². The van der Waals surface area contributed by atoms with Gasteiger partial charge in [0.1, 0.15) is 5.75 Å². The first-order valence-electron chi connectivity index (χ1n) is 8.26. The SMILES string of the molecule is CC(C)c1ccc(OCC(=O)NCCc2ccc(CO)cc2)cc1. The van der Waals surface area contributed by atoms with E-state index in [-0.39, 0.29) is 19.1 Å². The number of hydrogen-bond donors (Lipinski definition) is 2. The van der Waals surface area contributed by atoms with Crippen LogP contribution in [0.1, 0.15) is 36.5 Å². The third-order valence-electron chi connectivity index (χ3n) is 3.86. The Bertz CT molecular complexity index is 633. The molecule has 0 radical (unpaired) electrons. The highest BCUT2D eigenvalue weighted by Crippen LogP contribution is 2.18. The molecule has 0 saturated carbocycles. The number of amides is 1. The lowest BCUT2D eigenvalue weighted by molar-refractivity contribution is -0.123. The Labute approximate surface area is 143 Å². The van der Waals surface area contributed by atoms with E-state index in [1.165, 1.54) is 5.56 Å². The van der Waals surface area contributed by atoms with Gasteiger partial charge in [-0.15, -0.1) is 0 Å². The highest BCUT2D eigenvalue weighted by Gasteiger charge is 2.04. The maximum absolute atomic E-state index is 11.8. The zero-order valence-corrected chi connectivity index (χ0v) is 14.3. The topological polar surface area (TPSA) is 58.6 Å². The van der Waals surface area contributed by atoms with Crippen LogP contribution in [0.5, 0.6) is 5.75 Å². The van der Waals surface area contributed by atoms with E-state index in [4.69, 9.17) is 9.84 Å². The zero-order chi connectivity index (χ0) is 17.4. The van der Waals surface area contributed by atoms with Gasteiger partial charge in [-0.05, 0) is 41.2 Å². The fraction of sp³-hybridized carbons (Fsp3) is 0.350. The fourth-order valence-corrected chi connectivity index (χ4v) is 2.31. The van der Waals surface area contributed by atoms with Crippen LogP contribution in [0.2, 0.25) is 0 Å². The molecule has 128 valence electrons. The van der Waals surface area contributed by atoms with Gasteiger partial charge in [-0.1, -0.05) is 50.2 Å². The van der Waals surface area contributed by atoms with Crippen molar-refractivity contribution in [3.8, 4) is 5.75 Å². The van der Waals surface area contributed by atoms with Crippen LogP contribution in [0.15, 0.2) is 48.5 Å². The van der Waals surface area contributed by atoms with Crippen LogP contribution >= 0.6 is 0 Å². The van der Waals surface area contributed by atoms with Crippen LogP contribution in [0.4, 0.5) is 0 Å². The van der Waals surface area contributed by atoms with E-state index >= 15 is 0 Å². The van der Waals surface area contributed by atoms with Gasteiger partial charge in [0.05, 0.1) is 6.61 Å². The predicted molar refractivity (Wildman–Crippen MR) is 95.1 cm³/mol. The fourth-order valence-electron chi connectivity index (χ4n) is 2.31. The molecule has 2 aromatic rings. The van der Waals surface area contributed by atoms with Crippen molar-refractivity contribution in [2.24, 2.45) is 0 Å². The largest absolute Gasteiger partial charge is 0.484 e. The summed E-state index contributed by atoms with van der Waals surface area (Å²) in [4.78, 5) is 11.8. The van der Waals surface area contributed by atoms with Crippen molar-refractivity contribution in [2.75, 3.05) is 13.2 Å². The van der Waals surface area contributed by atoms with Crippen LogP contribution in [0, 0.1) is 0 Å². The van der Waals surface area contributed by atoms with Crippen molar-refractivity contribution in [3.63, 3.8) is 0 Å². The molecule has 2 N–H and O–H groups in total. The molecular formula is C20H25NO3. The first kappa shape index (κ1) is 18.0. The van der Waals surface area contributed by atoms with Gasteiger partial charge in [0.15, 0.2) is 6.61 Å². The van der Waals surface area contributed by atoms with Crippen molar-refractivity contribution in [3.05, 3.63) is 65.2 Å². The smallest absolute Gasteiger partial charge is 0.257 e. The number of carbonyl (C=O) groups is 1. The number of nitrogens with one attached hydrogen (secondary N) is 1. The van der Waals surface area contributed by atoms with E-state index in [1.54, 1.807) is 0 Å². The average molecular weight is 327 g/mol. The molecule has 0 spiro atoms. The van der Waals surface area contributed by atoms with Crippen molar-refractivity contribution in [1.29, 1.82) is 0 Å². The van der Waals surface area contributed by atoms with Crippen LogP contribution in [0.25, 0.3) is 0 Å². The number of benzene rings is 2. The minimum absolute atomic E-state index is 0.0183. The average Bonchev–Trinajstić information content (AvgIpc) is 2.61. The van der Waals surface area contributed by atoms with Crippen LogP contribution in [-0.4, -0.2) is 24.2 Å². The molecule has 1 amide bonds. The highest BCUT2D eigenvalue weighted by molar-refractivity contribution is 5.77. The van der Waals surface area contributed by atoms with E-state index in [1.807, 2.05) is 48.5 Å². The van der Waals surface area contributed by atoms with Gasteiger partial charge in [-0.25, -0.2) is 0 Å². The van der Waals surface area contributed by atoms with E-state index in [0.29, 0.717) is 18.2 Å². The summed E-state index contributed by atoms with van der Waals surface area (Å²) in [5.41, 5.74) is 3.26. The molecule has 2 aromatic carbocycles. The van der Waals surface area contributed by atoms with Gasteiger partial charge in [0.25, 0.3) is 5.91 Å². The van der Waals surface area contributed by atoms with Gasteiger partial charge in [0, 0.05) is 6.54 Å². The third-order valence-corrected chi connectivity index (χ3v) is 3.86. The Morgan fingerprint density at radius 2 is 1.67 bits per heavy atom. The summed E-state index contributed by atoms with van der Waals surface area (Å²) < 4.78 is 5.50. The predicted octanol–water partition coefficient (Wildman–Crippen LogP) is 3.04. The normalized spacial score (nSPS) is 10.7. The van der Waals surface area contributed by atoms with Crippen molar-refractivity contribution >= 4 is 5.91 Å². The molecular weight excluding hydrogens is 302 g/mol. The molecule has 0 heterocycles. The summed E-state index contributed by atoms with van der Waals surface area (Å²) in [6.45, 7) is 4.91. The molecule has 24 heavy (non-hydrogen) atoms. The Morgan fingerprint density at radius 1 is 1.04 bits per heavy atom. The van der Waals surface area contributed by atoms with Crippen molar-refractivity contribution in [2.45, 2.75) is 32.8 Å². The number of carbonyl (C=O) groups excluding carboxylic acids is 1. The monoisotopic (exact) mass is 327 g/mol. The second kappa shape index (κ2) is 9.08. The second-order valence-corrected chi connectivity index (χ2v) is 6.09. The highest BCUT2D eigenvalue weighted by atomic mass is 16.5. The molecule has 2 rings (SSSR count). The van der Waals surface area contributed by atoms with E-state index in [0.717, 1.165) is 17.5 Å². The summed E-state index contributed by atoms with van der Waals surface area (Å²) in [6.07, 6.45) is 0.751. The molecule has 0 atom stereocenters. The van der Waals surface area contributed by atoms with Gasteiger partial charge in [0.2, 0.25) is 0 Å². The molecule has 4 nitrogen and oxygen atoms in total. The lowest BCUT2D eigenvalue weighted by atomic mass is 10.0. The molecule has 0 bridgehead atoms. The minimum atomic E-state index is -0.130. The lowest BCUT2D eigenvalue weighted by Gasteiger charge is -2.09. The third kappa shape index (κ3) is 5.70. The minimum Gasteiger partial charge on any atom is -0.484 e. The summed E-state index contributed by atoms with van der Waals surface area (Å²) in [5.74, 6) is 1.05. The van der Waals surface area contributed by atoms with E-state index in [9.17, 15) is 4.79 Å². The standard InChI is InChI=1S/C20H25NO3/c1-15(2)18-7-9-19(10-8-18)24-14-20(23)21-12-11-16-3-5-17(13-22)6-4-16/h3-10,15,22H,11-14H2,1-2H3,(H,21,23). The van der Waals surface area contributed by atoms with Gasteiger partial charge >= 0.3 is 0 Å². The number of hydrogen-bond acceptors (Lipinski definition) is 3. The van der Waals surface area contributed by atoms with Crippen LogP contribution in [-0.2, 0) is 17.8 Å². The lowest BCUT2D eigenvalue weighted by Crippen LogP contribution is -2.30. The Balaban J connectivity index is 1.69. The van der Waals surface area contributed by atoms with Crippen molar-refractivity contribution < 1.29 is 14.6 Å². The van der Waals surface area contributed by atoms with E-state index < -0.39 is 0 Å². The molecule has 0 aliphatic carbocycles. The maximum atomic E-state index is 11.8. The number of aliphatic hydroxyl groups excluding tert-OH is 1. The summed E-state index contributed by atoms with van der Waals surface area (Å²) in [6, 6.07) is 15.5. The summed E-state index contributed by atoms with van der Waals surface area (Å²) in [5, 5.41) is 11.8. The molecule has 4 heteroatoms. The zero-order valence-electron chi connectivity index (χ0n) is 14.3. The summed E-state index contributed by atoms with van der Waals surface area (Å²) >= 11 is 0. The van der Waals surface area contributed by atoms with Crippen LogP contribution < -0.4 is 10.1 Å². The van der Waals surface area contributed by atoms with E-state index in [2.05, 4.69) is 19.2 Å². The second-order valence-electron chi connectivity index (χ2n) is 6.09. The Hall–Kier alpha value is -2.33. The molecule has 0 unspecified atom stereocenters. The first-order valence-corrected chi connectivity index (χ1v) is 8.26. The molecule has 0 aliphatic rings. The van der Waals surface area contributed by atoms with Gasteiger partial charge < -0.3 is 15.2 Å². The molecule has 0 aromatic heterocycles. The first-order chi connectivity index (χ1) is 11.6. The van der Waals surface area contributed by atoms with Crippen molar-refractivity contribution in [1.82, 2.24) is 5.32 Å². The summed E-state index contributed by atoms with van der Waals surface area (Å²) in [7, 11) is 0. The number of ether oxygens (including phenoxy) is 1. The quantitative estimate of drug-likeness (QED) is 0.783. The number of aliphatic hydroxyl groups is 1. The van der Waals surface area contributed by atoms with Gasteiger partial charge in [-0.3, -0.25) is 4.79 Å². The Kier molecular flexibility index (Phi) is 6.82. The molecule has 0 aliphatic heterocycles. The Morgan fingerprint density at radius 3 is 2.25 bits per heavy atom. The maximum Gasteiger partial charge on any atom is 0.257 e. The number of rotatable bonds is 8.